The molecule has 1 amide bonds. The normalized spacial score (nSPS) is 10.5. The Kier molecular flexibility index (Phi) is 5.50. The van der Waals surface area contributed by atoms with Crippen molar-refractivity contribution in [2.75, 3.05) is 11.1 Å². The lowest BCUT2D eigenvalue weighted by molar-refractivity contribution is -0.385. The Morgan fingerprint density at radius 1 is 1.17 bits per heavy atom. The average molecular weight is 346 g/mol. The maximum atomic E-state index is 12.1. The third kappa shape index (κ3) is 4.08. The van der Waals surface area contributed by atoms with E-state index in [2.05, 4.69) is 15.3 Å². The first-order valence-electron chi connectivity index (χ1n) is 7.28. The van der Waals surface area contributed by atoms with E-state index >= 15 is 0 Å². The molecular weight excluding hydrogens is 328 g/mol. The van der Waals surface area contributed by atoms with E-state index in [1.54, 1.807) is 19.1 Å². The minimum Gasteiger partial charge on any atom is -0.325 e. The predicted molar refractivity (Wildman–Crippen MR) is 93.4 cm³/mol. The SMILES string of the molecule is Cc1nc(SCC(=O)Nc2cccc([N+](=O)[O-])c2C)nc(C)c1C. The summed E-state index contributed by atoms with van der Waals surface area (Å²) in [5.74, 6) is -0.132. The van der Waals surface area contributed by atoms with Gasteiger partial charge in [-0.3, -0.25) is 14.9 Å². The summed E-state index contributed by atoms with van der Waals surface area (Å²) in [6.07, 6.45) is 0. The minimum atomic E-state index is -0.467. The zero-order valence-electron chi connectivity index (χ0n) is 13.9. The summed E-state index contributed by atoms with van der Waals surface area (Å²) in [7, 11) is 0. The number of nitro groups is 1. The van der Waals surface area contributed by atoms with Crippen LogP contribution in [0.2, 0.25) is 0 Å². The van der Waals surface area contributed by atoms with Crippen molar-refractivity contribution in [3.8, 4) is 0 Å². The molecule has 0 radical (unpaired) electrons. The third-order valence-corrected chi connectivity index (χ3v) is 4.57. The summed E-state index contributed by atoms with van der Waals surface area (Å²) in [5.41, 5.74) is 3.66. The fourth-order valence-corrected chi connectivity index (χ4v) is 2.81. The Labute approximate surface area is 144 Å². The Hall–Kier alpha value is -2.48. The minimum absolute atomic E-state index is 0.0198. The van der Waals surface area contributed by atoms with Crippen LogP contribution >= 0.6 is 11.8 Å². The van der Waals surface area contributed by atoms with E-state index in [0.29, 0.717) is 16.4 Å². The van der Waals surface area contributed by atoms with E-state index in [0.717, 1.165) is 17.0 Å². The van der Waals surface area contributed by atoms with Gasteiger partial charge < -0.3 is 5.32 Å². The molecule has 8 heteroatoms. The number of rotatable bonds is 5. The summed E-state index contributed by atoms with van der Waals surface area (Å²) < 4.78 is 0. The number of amides is 1. The van der Waals surface area contributed by atoms with Gasteiger partial charge in [0.15, 0.2) is 5.16 Å². The summed E-state index contributed by atoms with van der Waals surface area (Å²) in [6.45, 7) is 7.37. The quantitative estimate of drug-likeness (QED) is 0.386. The molecule has 24 heavy (non-hydrogen) atoms. The van der Waals surface area contributed by atoms with Gasteiger partial charge in [-0.1, -0.05) is 17.8 Å². The molecule has 0 aliphatic carbocycles. The summed E-state index contributed by atoms with van der Waals surface area (Å²) in [6, 6.07) is 4.59. The van der Waals surface area contributed by atoms with Crippen molar-refractivity contribution in [2.24, 2.45) is 0 Å². The number of hydrogen-bond donors (Lipinski definition) is 1. The zero-order chi connectivity index (χ0) is 17.9. The van der Waals surface area contributed by atoms with Crippen LogP contribution in [0.5, 0.6) is 0 Å². The molecule has 0 saturated carbocycles. The van der Waals surface area contributed by atoms with Crippen LogP contribution in [-0.2, 0) is 4.79 Å². The van der Waals surface area contributed by atoms with Crippen LogP contribution in [-0.4, -0.2) is 26.6 Å². The molecule has 2 rings (SSSR count). The van der Waals surface area contributed by atoms with Gasteiger partial charge in [-0.15, -0.1) is 0 Å². The van der Waals surface area contributed by atoms with Crippen molar-refractivity contribution in [3.63, 3.8) is 0 Å². The van der Waals surface area contributed by atoms with Gasteiger partial charge in [-0.05, 0) is 39.3 Å². The first-order valence-corrected chi connectivity index (χ1v) is 8.26. The van der Waals surface area contributed by atoms with Crippen LogP contribution in [0.1, 0.15) is 22.5 Å². The first-order chi connectivity index (χ1) is 11.3. The summed E-state index contributed by atoms with van der Waals surface area (Å²) in [4.78, 5) is 31.3. The van der Waals surface area contributed by atoms with Crippen LogP contribution in [0.4, 0.5) is 11.4 Å². The fourth-order valence-electron chi connectivity index (χ4n) is 2.08. The van der Waals surface area contributed by atoms with Crippen LogP contribution in [0.25, 0.3) is 0 Å². The molecule has 0 fully saturated rings. The van der Waals surface area contributed by atoms with Crippen molar-refractivity contribution in [1.29, 1.82) is 0 Å². The Bertz CT molecular complexity index is 785. The van der Waals surface area contributed by atoms with Crippen molar-refractivity contribution < 1.29 is 9.72 Å². The molecule has 0 saturated heterocycles. The number of aryl methyl sites for hydroxylation is 2. The van der Waals surface area contributed by atoms with Gasteiger partial charge in [0.2, 0.25) is 5.91 Å². The van der Waals surface area contributed by atoms with E-state index in [-0.39, 0.29) is 17.3 Å². The molecule has 0 atom stereocenters. The van der Waals surface area contributed by atoms with Crippen LogP contribution in [0.3, 0.4) is 0 Å². The lowest BCUT2D eigenvalue weighted by Gasteiger charge is -2.09. The second-order valence-electron chi connectivity index (χ2n) is 5.35. The molecule has 7 nitrogen and oxygen atoms in total. The maximum absolute atomic E-state index is 12.1. The van der Waals surface area contributed by atoms with Crippen LogP contribution < -0.4 is 5.32 Å². The van der Waals surface area contributed by atoms with E-state index in [4.69, 9.17) is 0 Å². The monoisotopic (exact) mass is 346 g/mol. The molecule has 0 aliphatic rings. The largest absolute Gasteiger partial charge is 0.325 e. The summed E-state index contributed by atoms with van der Waals surface area (Å²) >= 11 is 1.23. The molecule has 0 unspecified atom stereocenters. The average Bonchev–Trinajstić information content (AvgIpc) is 2.52. The number of carbonyl (C=O) groups excluding carboxylic acids is 1. The molecule has 1 heterocycles. The van der Waals surface area contributed by atoms with Gasteiger partial charge in [-0.25, -0.2) is 9.97 Å². The second-order valence-corrected chi connectivity index (χ2v) is 6.29. The van der Waals surface area contributed by atoms with E-state index in [9.17, 15) is 14.9 Å². The Balaban J connectivity index is 2.04. The Morgan fingerprint density at radius 2 is 1.79 bits per heavy atom. The van der Waals surface area contributed by atoms with Crippen molar-refractivity contribution in [1.82, 2.24) is 9.97 Å². The van der Waals surface area contributed by atoms with Gasteiger partial charge in [0.1, 0.15) is 0 Å². The Morgan fingerprint density at radius 3 is 2.38 bits per heavy atom. The molecule has 0 spiro atoms. The van der Waals surface area contributed by atoms with E-state index in [1.807, 2.05) is 20.8 Å². The molecule has 126 valence electrons. The van der Waals surface area contributed by atoms with E-state index in [1.165, 1.54) is 17.8 Å². The fraction of sp³-hybridized carbons (Fsp3) is 0.312. The zero-order valence-corrected chi connectivity index (χ0v) is 14.7. The number of benzene rings is 1. The number of carbonyl (C=O) groups is 1. The van der Waals surface area contributed by atoms with E-state index < -0.39 is 4.92 Å². The number of nitrogens with zero attached hydrogens (tertiary/aromatic N) is 3. The maximum Gasteiger partial charge on any atom is 0.274 e. The summed E-state index contributed by atoms with van der Waals surface area (Å²) in [5, 5.41) is 14.2. The molecule has 2 aromatic rings. The molecule has 0 bridgehead atoms. The van der Waals surface area contributed by atoms with Crippen molar-refractivity contribution in [2.45, 2.75) is 32.9 Å². The smallest absolute Gasteiger partial charge is 0.274 e. The topological polar surface area (TPSA) is 98.0 Å². The molecule has 1 aromatic heterocycles. The second kappa shape index (κ2) is 7.39. The number of nitrogens with one attached hydrogen (secondary N) is 1. The first kappa shape index (κ1) is 17.9. The highest BCUT2D eigenvalue weighted by Crippen LogP contribution is 2.25. The van der Waals surface area contributed by atoms with Crippen LogP contribution in [0.15, 0.2) is 23.4 Å². The van der Waals surface area contributed by atoms with Gasteiger partial charge in [-0.2, -0.15) is 0 Å². The third-order valence-electron chi connectivity index (χ3n) is 3.72. The number of nitro benzene ring substituents is 1. The van der Waals surface area contributed by atoms with Crippen molar-refractivity contribution in [3.05, 3.63) is 50.8 Å². The van der Waals surface area contributed by atoms with Gasteiger partial charge >= 0.3 is 0 Å². The molecular formula is C16H18N4O3S. The lowest BCUT2D eigenvalue weighted by Crippen LogP contribution is -2.15. The molecule has 1 N–H and O–H groups in total. The van der Waals surface area contributed by atoms with Gasteiger partial charge in [0.25, 0.3) is 5.69 Å². The molecule has 0 aliphatic heterocycles. The van der Waals surface area contributed by atoms with Gasteiger partial charge in [0.05, 0.1) is 21.9 Å². The van der Waals surface area contributed by atoms with Crippen molar-refractivity contribution >= 4 is 29.0 Å². The number of hydrogen-bond acceptors (Lipinski definition) is 6. The number of anilines is 1. The highest BCUT2D eigenvalue weighted by Gasteiger charge is 2.15. The lowest BCUT2D eigenvalue weighted by atomic mass is 10.1. The predicted octanol–water partition coefficient (Wildman–Crippen LogP) is 3.35. The highest BCUT2D eigenvalue weighted by molar-refractivity contribution is 7.99. The molecule has 1 aromatic carbocycles. The van der Waals surface area contributed by atoms with Crippen LogP contribution in [0, 0.1) is 37.8 Å². The number of aromatic nitrogens is 2. The standard InChI is InChI=1S/C16H18N4O3S/c1-9-11(3)17-16(18-12(9)4)24-8-15(21)19-13-6-5-7-14(10(13)2)20(22)23/h5-7H,8H2,1-4H3,(H,19,21). The number of thioether (sulfide) groups is 1. The van der Waals surface area contributed by atoms with Gasteiger partial charge in [0, 0.05) is 17.5 Å². The highest BCUT2D eigenvalue weighted by atomic mass is 32.2.